The first-order valence-electron chi connectivity index (χ1n) is 12.5. The molecule has 0 saturated heterocycles. The topological polar surface area (TPSA) is 94.5 Å². The van der Waals surface area contributed by atoms with Gasteiger partial charge in [-0.25, -0.2) is 18.4 Å². The highest BCUT2D eigenvalue weighted by molar-refractivity contribution is 5.72. The van der Waals surface area contributed by atoms with Gasteiger partial charge in [-0.1, -0.05) is 18.2 Å². The van der Waals surface area contributed by atoms with Gasteiger partial charge < -0.3 is 29.0 Å². The number of hydrogen-bond acceptors (Lipinski definition) is 6. The van der Waals surface area contributed by atoms with E-state index >= 15 is 0 Å². The van der Waals surface area contributed by atoms with E-state index in [9.17, 15) is 23.5 Å². The van der Waals surface area contributed by atoms with Gasteiger partial charge >= 0.3 is 12.1 Å². The van der Waals surface area contributed by atoms with Crippen LogP contribution >= 0.6 is 0 Å². The van der Waals surface area contributed by atoms with Crippen LogP contribution in [0.15, 0.2) is 72.8 Å². The summed E-state index contributed by atoms with van der Waals surface area (Å²) in [6.07, 6.45) is -0.915. The Balaban J connectivity index is 1.54. The van der Waals surface area contributed by atoms with E-state index in [1.54, 1.807) is 31.2 Å². The molecule has 0 saturated carbocycles. The molecule has 3 rings (SSSR count). The van der Waals surface area contributed by atoms with Crippen LogP contribution in [-0.2, 0) is 16.0 Å². The summed E-state index contributed by atoms with van der Waals surface area (Å²) in [5.74, 6) is -0.783. The zero-order chi connectivity index (χ0) is 28.0. The average molecular weight is 544 g/mol. The fourth-order valence-corrected chi connectivity index (χ4v) is 3.59. The summed E-state index contributed by atoms with van der Waals surface area (Å²) in [6.45, 7) is 2.91. The lowest BCUT2D eigenvalue weighted by Crippen LogP contribution is -2.38. The number of nitrogens with zero attached hydrogens (tertiary/aromatic N) is 1. The Kier molecular flexibility index (Phi) is 11.5. The van der Waals surface area contributed by atoms with E-state index in [0.717, 1.165) is 11.6 Å². The van der Waals surface area contributed by atoms with E-state index in [-0.39, 0.29) is 44.3 Å². The van der Waals surface area contributed by atoms with Crippen molar-refractivity contribution in [3.63, 3.8) is 0 Å². The van der Waals surface area contributed by atoms with Gasteiger partial charge in [-0.3, -0.25) is 0 Å². The summed E-state index contributed by atoms with van der Waals surface area (Å²) in [6, 6.07) is 17.9. The molecular formula is C29H31F2NO7. The van der Waals surface area contributed by atoms with Gasteiger partial charge in [0.25, 0.3) is 0 Å². The van der Waals surface area contributed by atoms with E-state index in [1.165, 1.54) is 47.4 Å². The molecule has 0 heterocycles. The normalized spacial score (nSPS) is 11.5. The number of rotatable bonds is 15. The zero-order valence-electron chi connectivity index (χ0n) is 21.6. The number of amides is 1. The minimum Gasteiger partial charge on any atom is -0.494 e. The monoisotopic (exact) mass is 543 g/mol. The third-order valence-electron chi connectivity index (χ3n) is 5.53. The minimum atomic E-state index is -1.02. The summed E-state index contributed by atoms with van der Waals surface area (Å²) in [5.41, 5.74) is 0.782. The third-order valence-corrected chi connectivity index (χ3v) is 5.53. The summed E-state index contributed by atoms with van der Waals surface area (Å²) >= 11 is 0. The molecule has 1 N–H and O–H groups in total. The van der Waals surface area contributed by atoms with E-state index in [0.29, 0.717) is 24.5 Å². The fourth-order valence-electron chi connectivity index (χ4n) is 3.59. The molecule has 39 heavy (non-hydrogen) atoms. The number of carbonyl (C=O) groups excluding carboxylic acids is 1. The van der Waals surface area contributed by atoms with Crippen molar-refractivity contribution in [2.24, 2.45) is 0 Å². The van der Waals surface area contributed by atoms with Gasteiger partial charge in [0, 0.05) is 25.6 Å². The van der Waals surface area contributed by atoms with Crippen LogP contribution in [-0.4, -0.2) is 61.1 Å². The molecule has 1 atom stereocenters. The second-order valence-electron chi connectivity index (χ2n) is 8.45. The molecular weight excluding hydrogens is 512 g/mol. The van der Waals surface area contributed by atoms with Gasteiger partial charge in [0.2, 0.25) is 0 Å². The van der Waals surface area contributed by atoms with Crippen LogP contribution in [0.5, 0.6) is 17.2 Å². The standard InChI is InChI=1S/C29H31F2NO7/c1-2-36-27(28(33)34)19-21-7-11-24(12-8-21)38-18-16-32(29(35)39-26-6-3-5-23(31)20-26)15-4-17-37-25-13-9-22(30)10-14-25/h3,5-14,20,27H,2,4,15-19H2,1H3,(H,33,34). The molecule has 1 unspecified atom stereocenters. The Morgan fingerprint density at radius 2 is 1.51 bits per heavy atom. The molecule has 3 aromatic rings. The molecule has 0 aliphatic rings. The van der Waals surface area contributed by atoms with Crippen molar-refractivity contribution >= 4 is 12.1 Å². The van der Waals surface area contributed by atoms with E-state index in [4.69, 9.17) is 18.9 Å². The summed E-state index contributed by atoms with van der Waals surface area (Å²) in [4.78, 5) is 25.5. The lowest BCUT2D eigenvalue weighted by atomic mass is 10.1. The highest BCUT2D eigenvalue weighted by atomic mass is 19.1. The van der Waals surface area contributed by atoms with Crippen LogP contribution in [0.3, 0.4) is 0 Å². The Morgan fingerprint density at radius 1 is 0.846 bits per heavy atom. The smallest absolute Gasteiger partial charge is 0.415 e. The predicted octanol–water partition coefficient (Wildman–Crippen LogP) is 5.35. The maximum Gasteiger partial charge on any atom is 0.415 e. The molecule has 3 aromatic carbocycles. The van der Waals surface area contributed by atoms with Crippen LogP contribution in [0.1, 0.15) is 18.9 Å². The van der Waals surface area contributed by atoms with Crippen molar-refractivity contribution < 1.29 is 42.4 Å². The summed E-state index contributed by atoms with van der Waals surface area (Å²) in [5, 5.41) is 9.25. The van der Waals surface area contributed by atoms with Crippen molar-refractivity contribution in [3.8, 4) is 17.2 Å². The number of ether oxygens (including phenoxy) is 4. The number of carboxylic acids is 1. The first-order valence-corrected chi connectivity index (χ1v) is 12.5. The fraction of sp³-hybridized carbons (Fsp3) is 0.310. The average Bonchev–Trinajstić information content (AvgIpc) is 2.91. The van der Waals surface area contributed by atoms with Crippen molar-refractivity contribution in [1.29, 1.82) is 0 Å². The molecule has 0 aliphatic heterocycles. The van der Waals surface area contributed by atoms with Crippen LogP contribution in [0.2, 0.25) is 0 Å². The van der Waals surface area contributed by atoms with Crippen molar-refractivity contribution in [2.75, 3.05) is 32.9 Å². The lowest BCUT2D eigenvalue weighted by molar-refractivity contribution is -0.149. The maximum absolute atomic E-state index is 13.5. The third kappa shape index (κ3) is 10.2. The van der Waals surface area contributed by atoms with Crippen LogP contribution in [0.4, 0.5) is 13.6 Å². The number of benzene rings is 3. The van der Waals surface area contributed by atoms with Crippen molar-refractivity contribution in [1.82, 2.24) is 4.90 Å². The number of carbonyl (C=O) groups is 2. The summed E-state index contributed by atoms with van der Waals surface area (Å²) in [7, 11) is 0. The molecule has 10 heteroatoms. The molecule has 0 aromatic heterocycles. The lowest BCUT2D eigenvalue weighted by Gasteiger charge is -2.22. The first kappa shape index (κ1) is 29.4. The quantitative estimate of drug-likeness (QED) is 0.259. The SMILES string of the molecule is CCOC(Cc1ccc(OCCN(CCCOc2ccc(F)cc2)C(=O)Oc2cccc(F)c2)cc1)C(=O)O. The van der Waals surface area contributed by atoms with Gasteiger partial charge in [-0.05, 0) is 67.4 Å². The molecule has 0 spiro atoms. The number of carboxylic acid groups (broad SMARTS) is 1. The Labute approximate surface area is 225 Å². The second kappa shape index (κ2) is 15.3. The van der Waals surface area contributed by atoms with Crippen LogP contribution < -0.4 is 14.2 Å². The first-order chi connectivity index (χ1) is 18.8. The Morgan fingerprint density at radius 3 is 2.15 bits per heavy atom. The predicted molar refractivity (Wildman–Crippen MR) is 139 cm³/mol. The van der Waals surface area contributed by atoms with E-state index < -0.39 is 24.0 Å². The molecule has 8 nitrogen and oxygen atoms in total. The Hall–Kier alpha value is -4.18. The van der Waals surface area contributed by atoms with E-state index in [2.05, 4.69) is 0 Å². The number of halogens is 2. The second-order valence-corrected chi connectivity index (χ2v) is 8.45. The van der Waals surface area contributed by atoms with Gasteiger partial charge in [-0.15, -0.1) is 0 Å². The van der Waals surface area contributed by atoms with Gasteiger partial charge in [0.05, 0.1) is 13.2 Å². The highest BCUT2D eigenvalue weighted by Crippen LogP contribution is 2.17. The number of hydrogen-bond donors (Lipinski definition) is 1. The number of aliphatic carboxylic acids is 1. The molecule has 0 radical (unpaired) electrons. The molecule has 0 bridgehead atoms. The maximum atomic E-state index is 13.5. The van der Waals surface area contributed by atoms with Gasteiger partial charge in [0.15, 0.2) is 6.10 Å². The highest BCUT2D eigenvalue weighted by Gasteiger charge is 2.19. The van der Waals surface area contributed by atoms with Gasteiger partial charge in [0.1, 0.15) is 35.5 Å². The van der Waals surface area contributed by atoms with E-state index in [1.807, 2.05) is 0 Å². The minimum absolute atomic E-state index is 0.0794. The molecule has 208 valence electrons. The summed E-state index contributed by atoms with van der Waals surface area (Å²) < 4.78 is 48.5. The molecule has 1 amide bonds. The molecule has 0 fully saturated rings. The van der Waals surface area contributed by atoms with Crippen molar-refractivity contribution in [3.05, 3.63) is 90.0 Å². The molecule has 0 aliphatic carbocycles. The zero-order valence-corrected chi connectivity index (χ0v) is 21.6. The van der Waals surface area contributed by atoms with Crippen molar-refractivity contribution in [2.45, 2.75) is 25.9 Å². The van der Waals surface area contributed by atoms with Gasteiger partial charge in [-0.2, -0.15) is 0 Å². The van der Waals surface area contributed by atoms with Crippen LogP contribution in [0, 0.1) is 11.6 Å². The largest absolute Gasteiger partial charge is 0.494 e. The van der Waals surface area contributed by atoms with Crippen LogP contribution in [0.25, 0.3) is 0 Å². The Bertz CT molecular complexity index is 1190.